The topological polar surface area (TPSA) is 76.3 Å². The number of carbonyl (C=O) groups is 1. The standard InChI is InChI=1S/C34H31N3O4/c1-22-27(25-11-12-31-32(18-25)41-17-16-40-31)4-2-5-28(22)26-13-15-37-30(20-35-33(37)19-26)24-9-7-23(8-10-24)21-36-14-3-6-29(36)34(38)39/h2,4-5,7-13,15,18-20,29H,3,6,14,16-17,21H2,1H3,(H,38,39). The van der Waals surface area contributed by atoms with E-state index < -0.39 is 5.97 Å². The number of hydrogen-bond donors (Lipinski definition) is 1. The van der Waals surface area contributed by atoms with Crippen LogP contribution in [-0.2, 0) is 11.3 Å². The second-order valence-corrected chi connectivity index (χ2v) is 10.8. The largest absolute Gasteiger partial charge is 0.486 e. The molecule has 0 bridgehead atoms. The minimum Gasteiger partial charge on any atom is -0.486 e. The van der Waals surface area contributed by atoms with Crippen LogP contribution in [0.5, 0.6) is 11.5 Å². The van der Waals surface area contributed by atoms with E-state index in [4.69, 9.17) is 14.5 Å². The summed E-state index contributed by atoms with van der Waals surface area (Å²) in [4.78, 5) is 18.3. The van der Waals surface area contributed by atoms with Crippen LogP contribution in [0.4, 0.5) is 0 Å². The first-order chi connectivity index (χ1) is 20.0. The van der Waals surface area contributed by atoms with Crippen LogP contribution in [0.3, 0.4) is 0 Å². The van der Waals surface area contributed by atoms with Gasteiger partial charge in [0.25, 0.3) is 0 Å². The number of hydrogen-bond acceptors (Lipinski definition) is 5. The molecule has 7 heteroatoms. The fourth-order valence-electron chi connectivity index (χ4n) is 6.14. The molecule has 0 aliphatic carbocycles. The molecule has 41 heavy (non-hydrogen) atoms. The number of imidazole rings is 1. The third-order valence-electron chi connectivity index (χ3n) is 8.30. The molecule has 4 heterocycles. The van der Waals surface area contributed by atoms with E-state index in [1.807, 2.05) is 12.3 Å². The van der Waals surface area contributed by atoms with E-state index in [1.54, 1.807) is 0 Å². The van der Waals surface area contributed by atoms with Crippen LogP contribution in [0, 0.1) is 6.92 Å². The molecule has 1 fully saturated rings. The minimum absolute atomic E-state index is 0.381. The third-order valence-corrected chi connectivity index (χ3v) is 8.30. The molecule has 1 saturated heterocycles. The number of carboxylic acids is 1. The summed E-state index contributed by atoms with van der Waals surface area (Å²) in [5.41, 5.74) is 9.82. The molecule has 2 aliphatic rings. The van der Waals surface area contributed by atoms with Crippen molar-refractivity contribution >= 4 is 11.6 Å². The van der Waals surface area contributed by atoms with E-state index in [2.05, 4.69) is 89.2 Å². The summed E-state index contributed by atoms with van der Waals surface area (Å²) in [6.45, 7) is 4.78. The number of aromatic nitrogens is 2. The Kier molecular flexibility index (Phi) is 6.44. The number of nitrogens with zero attached hydrogens (tertiary/aromatic N) is 3. The third kappa shape index (κ3) is 4.72. The van der Waals surface area contributed by atoms with E-state index in [0.717, 1.165) is 75.6 Å². The highest BCUT2D eigenvalue weighted by molar-refractivity contribution is 5.81. The smallest absolute Gasteiger partial charge is 0.320 e. The van der Waals surface area contributed by atoms with Crippen LogP contribution >= 0.6 is 0 Å². The Bertz CT molecular complexity index is 1760. The quantitative estimate of drug-likeness (QED) is 0.264. The SMILES string of the molecule is Cc1c(-c2ccc3c(c2)OCCO3)cccc1-c1ccn2c(-c3ccc(CN4CCCC4C(=O)O)cc3)cnc2c1. The monoisotopic (exact) mass is 545 g/mol. The first-order valence-corrected chi connectivity index (χ1v) is 14.1. The number of ether oxygens (including phenoxy) is 2. The van der Waals surface area contributed by atoms with E-state index >= 15 is 0 Å². The maximum absolute atomic E-state index is 11.5. The summed E-state index contributed by atoms with van der Waals surface area (Å²) in [6, 6.07) is 24.8. The van der Waals surface area contributed by atoms with Gasteiger partial charge in [-0.1, -0.05) is 48.5 Å². The maximum atomic E-state index is 11.5. The van der Waals surface area contributed by atoms with Gasteiger partial charge in [-0.2, -0.15) is 0 Å². The number of rotatable bonds is 6. The molecule has 206 valence electrons. The Hall–Kier alpha value is -4.62. The van der Waals surface area contributed by atoms with E-state index in [-0.39, 0.29) is 6.04 Å². The lowest BCUT2D eigenvalue weighted by molar-refractivity contribution is -0.142. The van der Waals surface area contributed by atoms with Crippen LogP contribution < -0.4 is 9.47 Å². The summed E-state index contributed by atoms with van der Waals surface area (Å²) >= 11 is 0. The van der Waals surface area contributed by atoms with Crippen LogP contribution in [0.25, 0.3) is 39.2 Å². The van der Waals surface area contributed by atoms with Crippen LogP contribution in [-0.4, -0.2) is 51.2 Å². The number of pyridine rings is 1. The van der Waals surface area contributed by atoms with Gasteiger partial charge in [-0.25, -0.2) is 4.98 Å². The van der Waals surface area contributed by atoms with Gasteiger partial charge in [0, 0.05) is 18.3 Å². The highest BCUT2D eigenvalue weighted by Crippen LogP contribution is 2.38. The average molecular weight is 546 g/mol. The van der Waals surface area contributed by atoms with Gasteiger partial charge < -0.3 is 14.6 Å². The van der Waals surface area contributed by atoms with Crippen molar-refractivity contribution in [2.45, 2.75) is 32.4 Å². The number of carboxylic acid groups (broad SMARTS) is 1. The first-order valence-electron chi connectivity index (χ1n) is 14.1. The van der Waals surface area contributed by atoms with Crippen molar-refractivity contribution in [1.29, 1.82) is 0 Å². The minimum atomic E-state index is -0.727. The van der Waals surface area contributed by atoms with Crippen molar-refractivity contribution in [1.82, 2.24) is 14.3 Å². The van der Waals surface area contributed by atoms with Gasteiger partial charge in [-0.3, -0.25) is 14.1 Å². The van der Waals surface area contributed by atoms with E-state index in [1.165, 1.54) is 5.56 Å². The van der Waals surface area contributed by atoms with Crippen molar-refractivity contribution in [3.63, 3.8) is 0 Å². The van der Waals surface area contributed by atoms with E-state index in [9.17, 15) is 9.90 Å². The van der Waals surface area contributed by atoms with Gasteiger partial charge in [0.1, 0.15) is 24.9 Å². The molecule has 0 spiro atoms. The maximum Gasteiger partial charge on any atom is 0.320 e. The van der Waals surface area contributed by atoms with Crippen molar-refractivity contribution in [3.8, 4) is 45.0 Å². The van der Waals surface area contributed by atoms with Crippen LogP contribution in [0.2, 0.25) is 0 Å². The highest BCUT2D eigenvalue weighted by Gasteiger charge is 2.30. The van der Waals surface area contributed by atoms with E-state index in [0.29, 0.717) is 19.8 Å². The molecule has 0 saturated carbocycles. The molecule has 0 radical (unpaired) electrons. The second-order valence-electron chi connectivity index (χ2n) is 10.8. The lowest BCUT2D eigenvalue weighted by atomic mass is 9.93. The number of aliphatic carboxylic acids is 1. The van der Waals surface area contributed by atoms with Gasteiger partial charge >= 0.3 is 5.97 Å². The van der Waals surface area contributed by atoms with Gasteiger partial charge in [0.2, 0.25) is 0 Å². The molecule has 5 aromatic rings. The highest BCUT2D eigenvalue weighted by atomic mass is 16.6. The Morgan fingerprint density at radius 3 is 2.44 bits per heavy atom. The number of fused-ring (bicyclic) bond motifs is 2. The molecular formula is C34H31N3O4. The average Bonchev–Trinajstić information content (AvgIpc) is 3.64. The number of benzene rings is 3. The Morgan fingerprint density at radius 1 is 0.927 bits per heavy atom. The van der Waals surface area contributed by atoms with Gasteiger partial charge in [0.05, 0.1) is 11.9 Å². The molecule has 7 nitrogen and oxygen atoms in total. The lowest BCUT2D eigenvalue weighted by Gasteiger charge is -2.21. The summed E-state index contributed by atoms with van der Waals surface area (Å²) in [5.74, 6) is 0.857. The fourth-order valence-corrected chi connectivity index (χ4v) is 6.14. The van der Waals surface area contributed by atoms with Gasteiger partial charge in [-0.15, -0.1) is 0 Å². The van der Waals surface area contributed by atoms with Crippen molar-refractivity contribution in [2.24, 2.45) is 0 Å². The molecule has 1 atom stereocenters. The summed E-state index contributed by atoms with van der Waals surface area (Å²) in [7, 11) is 0. The number of likely N-dealkylation sites (tertiary alicyclic amines) is 1. The van der Waals surface area contributed by atoms with Gasteiger partial charge in [0.15, 0.2) is 11.5 Å². The Balaban J connectivity index is 1.15. The van der Waals surface area contributed by atoms with Gasteiger partial charge in [-0.05, 0) is 84.0 Å². The molecule has 3 aromatic carbocycles. The Labute approximate surface area is 238 Å². The molecule has 7 rings (SSSR count). The van der Waals surface area contributed by atoms with Crippen LogP contribution in [0.1, 0.15) is 24.0 Å². The summed E-state index contributed by atoms with van der Waals surface area (Å²) < 4.78 is 13.6. The fraction of sp³-hybridized carbons (Fsp3) is 0.235. The zero-order valence-corrected chi connectivity index (χ0v) is 22.9. The Morgan fingerprint density at radius 2 is 1.66 bits per heavy atom. The lowest BCUT2D eigenvalue weighted by Crippen LogP contribution is -2.35. The van der Waals surface area contributed by atoms with Crippen molar-refractivity contribution in [3.05, 3.63) is 96.3 Å². The van der Waals surface area contributed by atoms with Crippen molar-refractivity contribution in [2.75, 3.05) is 19.8 Å². The molecule has 1 unspecified atom stereocenters. The molecular weight excluding hydrogens is 514 g/mol. The zero-order chi connectivity index (χ0) is 27.9. The summed E-state index contributed by atoms with van der Waals surface area (Å²) in [5, 5.41) is 9.48. The first kappa shape index (κ1) is 25.4. The molecule has 1 N–H and O–H groups in total. The molecule has 0 amide bonds. The molecule has 2 aromatic heterocycles. The zero-order valence-electron chi connectivity index (χ0n) is 22.9. The predicted molar refractivity (Wildman–Crippen MR) is 158 cm³/mol. The molecule has 2 aliphatic heterocycles. The second kappa shape index (κ2) is 10.4. The predicted octanol–water partition coefficient (Wildman–Crippen LogP) is 6.46. The summed E-state index contributed by atoms with van der Waals surface area (Å²) in [6.07, 6.45) is 5.65. The normalized spacial score (nSPS) is 16.8. The van der Waals surface area contributed by atoms with Crippen LogP contribution in [0.15, 0.2) is 85.2 Å². The van der Waals surface area contributed by atoms with Crippen molar-refractivity contribution < 1.29 is 19.4 Å².